The second-order valence-electron chi connectivity index (χ2n) is 4.69. The van der Waals surface area contributed by atoms with Crippen LogP contribution in [0, 0.1) is 0 Å². The molecular formula is C14H19BrN2O2. The fourth-order valence-corrected chi connectivity index (χ4v) is 2.77. The molecule has 1 aliphatic heterocycles. The summed E-state index contributed by atoms with van der Waals surface area (Å²) >= 11 is 3.38. The molecule has 0 unspecified atom stereocenters. The molecule has 1 amide bonds. The van der Waals surface area contributed by atoms with E-state index in [1.807, 2.05) is 36.2 Å². The molecule has 1 fully saturated rings. The van der Waals surface area contributed by atoms with Gasteiger partial charge in [-0.15, -0.1) is 0 Å². The molecule has 0 aromatic heterocycles. The Balaban J connectivity index is 1.87. The molecule has 1 aliphatic rings. The lowest BCUT2D eigenvalue weighted by Gasteiger charge is -2.24. The van der Waals surface area contributed by atoms with Crippen molar-refractivity contribution in [1.82, 2.24) is 10.2 Å². The molecule has 0 bridgehead atoms. The predicted octanol–water partition coefficient (Wildman–Crippen LogP) is 2.04. The zero-order valence-corrected chi connectivity index (χ0v) is 12.6. The van der Waals surface area contributed by atoms with Crippen molar-refractivity contribution in [3.05, 3.63) is 28.7 Å². The lowest BCUT2D eigenvalue weighted by atomic mass is 10.2. The number of ether oxygens (including phenoxy) is 1. The van der Waals surface area contributed by atoms with E-state index in [4.69, 9.17) is 4.74 Å². The Hall–Kier alpha value is -1.07. The highest BCUT2D eigenvalue weighted by atomic mass is 79.9. The maximum absolute atomic E-state index is 12.2. The van der Waals surface area contributed by atoms with Crippen molar-refractivity contribution in [2.75, 3.05) is 26.7 Å². The number of rotatable bonds is 5. The minimum atomic E-state index is 0.0673. The lowest BCUT2D eigenvalue weighted by Crippen LogP contribution is -2.43. The van der Waals surface area contributed by atoms with E-state index in [1.54, 1.807) is 0 Å². The number of nitrogens with zero attached hydrogens (tertiary/aromatic N) is 1. The van der Waals surface area contributed by atoms with Crippen LogP contribution in [-0.2, 0) is 4.79 Å². The summed E-state index contributed by atoms with van der Waals surface area (Å²) in [5, 5.41) is 3.13. The molecule has 0 radical (unpaired) electrons. The Kier molecular flexibility index (Phi) is 5.22. The fraction of sp³-hybridized carbons (Fsp3) is 0.500. The van der Waals surface area contributed by atoms with Crippen LogP contribution in [0.3, 0.4) is 0 Å². The molecule has 1 atom stereocenters. The zero-order chi connectivity index (χ0) is 13.7. The van der Waals surface area contributed by atoms with E-state index >= 15 is 0 Å². The van der Waals surface area contributed by atoms with Gasteiger partial charge in [0.25, 0.3) is 5.91 Å². The summed E-state index contributed by atoms with van der Waals surface area (Å²) in [4.78, 5) is 14.1. The number of carbonyl (C=O) groups is 1. The van der Waals surface area contributed by atoms with Crippen molar-refractivity contribution in [3.8, 4) is 5.75 Å². The monoisotopic (exact) mass is 326 g/mol. The Morgan fingerprint density at radius 2 is 2.42 bits per heavy atom. The number of amides is 1. The van der Waals surface area contributed by atoms with Gasteiger partial charge in [-0.2, -0.15) is 0 Å². The molecule has 1 aromatic rings. The minimum Gasteiger partial charge on any atom is -0.484 e. The predicted molar refractivity (Wildman–Crippen MR) is 78.3 cm³/mol. The van der Waals surface area contributed by atoms with E-state index in [2.05, 4.69) is 21.2 Å². The van der Waals surface area contributed by atoms with E-state index in [0.29, 0.717) is 11.8 Å². The third-order valence-electron chi connectivity index (χ3n) is 3.30. The first kappa shape index (κ1) is 14.3. The Morgan fingerprint density at radius 1 is 1.58 bits per heavy atom. The largest absolute Gasteiger partial charge is 0.484 e. The van der Waals surface area contributed by atoms with Gasteiger partial charge in [-0.25, -0.2) is 0 Å². The molecule has 0 aliphatic carbocycles. The summed E-state index contributed by atoms with van der Waals surface area (Å²) in [6, 6.07) is 7.85. The highest BCUT2D eigenvalue weighted by molar-refractivity contribution is 9.10. The number of benzene rings is 1. The first-order valence-corrected chi connectivity index (χ1v) is 7.32. The van der Waals surface area contributed by atoms with Crippen LogP contribution in [0.1, 0.15) is 12.8 Å². The van der Waals surface area contributed by atoms with Gasteiger partial charge in [0.1, 0.15) is 5.75 Å². The number of nitrogens with one attached hydrogen (secondary N) is 1. The molecule has 1 aromatic carbocycles. The maximum atomic E-state index is 12.2. The molecule has 4 nitrogen and oxygen atoms in total. The summed E-state index contributed by atoms with van der Waals surface area (Å²) in [6.45, 7) is 1.80. The molecular weight excluding hydrogens is 308 g/mol. The van der Waals surface area contributed by atoms with Gasteiger partial charge in [-0.05, 0) is 38.1 Å². The second kappa shape index (κ2) is 6.91. The van der Waals surface area contributed by atoms with Crippen LogP contribution in [0.25, 0.3) is 0 Å². The van der Waals surface area contributed by atoms with Gasteiger partial charge < -0.3 is 15.0 Å². The second-order valence-corrected chi connectivity index (χ2v) is 5.60. The number of halogens is 1. The quantitative estimate of drug-likeness (QED) is 0.900. The van der Waals surface area contributed by atoms with Crippen LogP contribution in [0.5, 0.6) is 5.75 Å². The summed E-state index contributed by atoms with van der Waals surface area (Å²) < 4.78 is 6.50. The zero-order valence-electron chi connectivity index (χ0n) is 11.1. The Labute approximate surface area is 122 Å². The summed E-state index contributed by atoms with van der Waals surface area (Å²) in [6.07, 6.45) is 2.15. The molecule has 104 valence electrons. The van der Waals surface area contributed by atoms with Gasteiger partial charge in [0.2, 0.25) is 0 Å². The molecule has 19 heavy (non-hydrogen) atoms. The molecule has 0 spiro atoms. The number of carbonyl (C=O) groups excluding carboxylic acids is 1. The van der Waals surface area contributed by atoms with E-state index in [1.165, 1.54) is 0 Å². The van der Waals surface area contributed by atoms with E-state index in [0.717, 1.165) is 30.4 Å². The normalized spacial score (nSPS) is 18.6. The summed E-state index contributed by atoms with van der Waals surface area (Å²) in [5.74, 6) is 0.782. The highest BCUT2D eigenvalue weighted by Crippen LogP contribution is 2.19. The molecule has 5 heteroatoms. The minimum absolute atomic E-state index is 0.0673. The van der Waals surface area contributed by atoms with Gasteiger partial charge in [0.05, 0.1) is 0 Å². The standard InChI is InChI=1S/C14H19BrN2O2/c1-16-9-12-5-3-7-17(12)14(18)10-19-13-6-2-4-11(15)8-13/h2,4,6,8,12,16H,3,5,7,9-10H2,1H3/t12-/m1/s1. The molecule has 1 N–H and O–H groups in total. The van der Waals surface area contributed by atoms with Crippen LogP contribution in [0.4, 0.5) is 0 Å². The summed E-state index contributed by atoms with van der Waals surface area (Å²) in [7, 11) is 1.92. The molecule has 1 saturated heterocycles. The van der Waals surface area contributed by atoms with Crippen molar-refractivity contribution in [2.24, 2.45) is 0 Å². The number of likely N-dealkylation sites (N-methyl/N-ethyl adjacent to an activating group) is 1. The Bertz CT molecular complexity index is 439. The molecule has 2 rings (SSSR count). The number of hydrogen-bond acceptors (Lipinski definition) is 3. The van der Waals surface area contributed by atoms with Gasteiger partial charge in [-0.1, -0.05) is 22.0 Å². The first-order valence-electron chi connectivity index (χ1n) is 6.53. The van der Waals surface area contributed by atoms with Crippen molar-refractivity contribution in [3.63, 3.8) is 0 Å². The number of hydrogen-bond donors (Lipinski definition) is 1. The molecule has 0 saturated carbocycles. The van der Waals surface area contributed by atoms with Crippen molar-refractivity contribution < 1.29 is 9.53 Å². The maximum Gasteiger partial charge on any atom is 0.260 e. The van der Waals surface area contributed by atoms with Gasteiger partial charge >= 0.3 is 0 Å². The van der Waals surface area contributed by atoms with Crippen LogP contribution < -0.4 is 10.1 Å². The smallest absolute Gasteiger partial charge is 0.260 e. The molecule has 1 heterocycles. The third-order valence-corrected chi connectivity index (χ3v) is 3.79. The van der Waals surface area contributed by atoms with Gasteiger partial charge in [-0.3, -0.25) is 4.79 Å². The SMILES string of the molecule is CNC[C@H]1CCCN1C(=O)COc1cccc(Br)c1. The number of likely N-dealkylation sites (tertiary alicyclic amines) is 1. The first-order chi connectivity index (χ1) is 9.20. The van der Waals surface area contributed by atoms with E-state index in [-0.39, 0.29) is 12.5 Å². The fourth-order valence-electron chi connectivity index (χ4n) is 2.40. The van der Waals surface area contributed by atoms with Crippen LogP contribution in [0.2, 0.25) is 0 Å². The van der Waals surface area contributed by atoms with Gasteiger partial charge in [0.15, 0.2) is 6.61 Å². The van der Waals surface area contributed by atoms with Crippen molar-refractivity contribution >= 4 is 21.8 Å². The average molecular weight is 327 g/mol. The highest BCUT2D eigenvalue weighted by Gasteiger charge is 2.28. The average Bonchev–Trinajstić information content (AvgIpc) is 2.85. The van der Waals surface area contributed by atoms with Gasteiger partial charge in [0, 0.05) is 23.6 Å². The summed E-state index contributed by atoms with van der Waals surface area (Å²) in [5.41, 5.74) is 0. The van der Waals surface area contributed by atoms with Crippen molar-refractivity contribution in [1.29, 1.82) is 0 Å². The van der Waals surface area contributed by atoms with E-state index in [9.17, 15) is 4.79 Å². The topological polar surface area (TPSA) is 41.6 Å². The van der Waals surface area contributed by atoms with Crippen LogP contribution in [0.15, 0.2) is 28.7 Å². The van der Waals surface area contributed by atoms with Crippen LogP contribution in [-0.4, -0.2) is 43.6 Å². The van der Waals surface area contributed by atoms with E-state index < -0.39 is 0 Å². The lowest BCUT2D eigenvalue weighted by molar-refractivity contribution is -0.134. The van der Waals surface area contributed by atoms with Crippen molar-refractivity contribution in [2.45, 2.75) is 18.9 Å². The third kappa shape index (κ3) is 3.94. The van der Waals surface area contributed by atoms with Crippen LogP contribution >= 0.6 is 15.9 Å². The Morgan fingerprint density at radius 3 is 3.16 bits per heavy atom.